The molecule has 24 nitrogen and oxygen atoms in total. The number of nitrogens with zero attached hydrogens (tertiary/aromatic N) is 3. The first-order valence-corrected chi connectivity index (χ1v) is 28.3. The van der Waals surface area contributed by atoms with E-state index in [4.69, 9.17) is 42.6 Å². The maximum Gasteiger partial charge on any atom is 0.347 e. The number of carbonyl (C=O) groups is 8. The minimum absolute atomic E-state index is 0.0431. The highest BCUT2D eigenvalue weighted by atomic mass is 32.1. The molecule has 0 spiro atoms. The number of nitrogens with one attached hydrogen (secondary N) is 1. The van der Waals surface area contributed by atoms with Gasteiger partial charge in [0, 0.05) is 44.4 Å². The monoisotopic (exact) mass is 1160 g/mol. The van der Waals surface area contributed by atoms with E-state index < -0.39 is 103 Å². The molecule has 81 heavy (non-hydrogen) atoms. The molecule has 2 fully saturated rings. The lowest BCUT2D eigenvalue weighted by Gasteiger charge is -2.28. The van der Waals surface area contributed by atoms with Gasteiger partial charge in [0.05, 0.1) is 43.3 Å². The van der Waals surface area contributed by atoms with E-state index in [-0.39, 0.29) is 68.5 Å². The molecule has 1 aromatic heterocycles. The third-order valence-electron chi connectivity index (χ3n) is 13.2. The van der Waals surface area contributed by atoms with Gasteiger partial charge in [-0.2, -0.15) is 4.37 Å². The summed E-state index contributed by atoms with van der Waals surface area (Å²) in [6.07, 6.45) is -3.18. The number of aromatic nitrogens is 2. The van der Waals surface area contributed by atoms with Crippen LogP contribution in [-0.4, -0.2) is 172 Å². The van der Waals surface area contributed by atoms with Crippen molar-refractivity contribution in [2.45, 2.75) is 193 Å². The van der Waals surface area contributed by atoms with Crippen LogP contribution in [-0.2, 0) is 82.7 Å². The Balaban J connectivity index is 1.07. The van der Waals surface area contributed by atoms with Crippen molar-refractivity contribution < 1.29 is 96.3 Å². The Morgan fingerprint density at radius 1 is 0.704 bits per heavy atom. The number of benzene rings is 1. The predicted molar refractivity (Wildman–Crippen MR) is 290 cm³/mol. The maximum absolute atomic E-state index is 13.1. The number of morpholine rings is 1. The van der Waals surface area contributed by atoms with Gasteiger partial charge in [0.1, 0.15) is 12.7 Å². The summed E-state index contributed by atoms with van der Waals surface area (Å²) < 4.78 is 55.9. The Morgan fingerprint density at radius 2 is 1.23 bits per heavy atom. The fourth-order valence-corrected chi connectivity index (χ4v) is 9.07. The molecule has 2 heterocycles. The topological polar surface area (TPSA) is 321 Å². The van der Waals surface area contributed by atoms with E-state index in [2.05, 4.69) is 14.1 Å². The van der Waals surface area contributed by atoms with Crippen molar-refractivity contribution >= 4 is 65.3 Å². The molecule has 0 amide bonds. The molecule has 4 rings (SSSR count). The second-order valence-corrected chi connectivity index (χ2v) is 21.7. The molecule has 0 bridgehead atoms. The number of rotatable bonds is 33. The summed E-state index contributed by atoms with van der Waals surface area (Å²) in [7, 11) is 0. The second-order valence-electron chi connectivity index (χ2n) is 21.2. The molecule has 6 unspecified atom stereocenters. The van der Waals surface area contributed by atoms with Crippen molar-refractivity contribution in [1.29, 1.82) is 0 Å². The summed E-state index contributed by atoms with van der Waals surface area (Å²) in [5, 5.41) is 35.0. The van der Waals surface area contributed by atoms with Crippen LogP contribution in [0.15, 0.2) is 42.5 Å². The zero-order valence-corrected chi connectivity index (χ0v) is 48.5. The number of esters is 8. The molecule has 2 aliphatic rings. The van der Waals surface area contributed by atoms with Crippen molar-refractivity contribution in [2.75, 3.05) is 44.4 Å². The molecule has 1 aliphatic heterocycles. The van der Waals surface area contributed by atoms with Gasteiger partial charge in [-0.05, 0) is 131 Å². The first-order chi connectivity index (χ1) is 38.4. The SMILES string of the molecule is CC(OC(=O)CCCC(=O)OC(=O)CCC/C=C\C[C@H]1[C@H](CC[C@H](O)CCc2ccccc2)[C@@H](O)C[C@H]1O)C(=O)OC(C)C(=O)OC(C)C(=O)OC(C)C(=O)OC(C)C(=O)OC(CNC(C)(C)C)COc1nsnc1N1CCOCC1. The third-order valence-corrected chi connectivity index (χ3v) is 13.7. The molecule has 25 heteroatoms. The van der Waals surface area contributed by atoms with Gasteiger partial charge in [-0.25, -0.2) is 24.0 Å². The van der Waals surface area contributed by atoms with E-state index in [1.54, 1.807) is 0 Å². The molecule has 1 aliphatic carbocycles. The normalized spacial score (nSPS) is 19.9. The average Bonchev–Trinajstić information content (AvgIpc) is 4.01. The zero-order valence-electron chi connectivity index (χ0n) is 47.7. The summed E-state index contributed by atoms with van der Waals surface area (Å²) in [4.78, 5) is 103. The second kappa shape index (κ2) is 34.4. The highest BCUT2D eigenvalue weighted by Crippen LogP contribution is 2.38. The summed E-state index contributed by atoms with van der Waals surface area (Å²) >= 11 is 0.975. The molecule has 4 N–H and O–H groups in total. The van der Waals surface area contributed by atoms with Crippen molar-refractivity contribution in [1.82, 2.24) is 14.1 Å². The Hall–Kier alpha value is -6.12. The van der Waals surface area contributed by atoms with E-state index in [0.717, 1.165) is 37.6 Å². The fourth-order valence-electron chi connectivity index (χ4n) is 8.55. The number of aliphatic hydroxyl groups is 3. The third kappa shape index (κ3) is 24.9. The Bertz CT molecular complexity index is 2360. The lowest BCUT2D eigenvalue weighted by Crippen LogP contribution is -2.45. The number of allylic oxidation sites excluding steroid dienone is 2. The van der Waals surface area contributed by atoms with Gasteiger partial charge in [0.15, 0.2) is 30.5 Å². The van der Waals surface area contributed by atoms with E-state index >= 15 is 0 Å². The highest BCUT2D eigenvalue weighted by molar-refractivity contribution is 6.99. The maximum atomic E-state index is 13.1. The average molecular weight is 1160 g/mol. The van der Waals surface area contributed by atoms with E-state index in [1.165, 1.54) is 20.8 Å². The number of anilines is 1. The number of aliphatic hydroxyl groups excluding tert-OH is 3. The Morgan fingerprint density at radius 3 is 1.81 bits per heavy atom. The number of hydrogen-bond donors (Lipinski definition) is 4. The number of ether oxygens (including phenoxy) is 9. The zero-order chi connectivity index (χ0) is 59.6. The largest absolute Gasteiger partial charge is 0.470 e. The standard InChI is InChI=1S/C56H82N4O20S/c1-34(74-46(64)21-16-22-48(66)80-47(65)20-15-10-9-14-19-42-43(45(63)31-44(42)62)26-25-40(61)24-23-39-17-12-11-13-18-39)51(67)75-35(2)52(68)76-36(3)53(69)77-37(4)54(70)78-38(5)55(71)79-41(32-57-56(6,7)8)33-73-50-49(58-81-59-50)60-27-29-72-30-28-60/h9,11-14,17-18,34-38,40-45,57,61-63H,10,15-16,19-33H2,1-8H3/b14-9-/t34?,35?,36?,37?,38?,40-,41?,42+,43+,44-,45+/m1/s1. The number of unbranched alkanes of at least 4 members (excludes halogenated alkanes) is 1. The van der Waals surface area contributed by atoms with Gasteiger partial charge in [-0.1, -0.05) is 42.5 Å². The van der Waals surface area contributed by atoms with Gasteiger partial charge in [0.2, 0.25) is 5.82 Å². The van der Waals surface area contributed by atoms with Crippen LogP contribution in [0, 0.1) is 11.8 Å². The minimum atomic E-state index is -1.61. The van der Waals surface area contributed by atoms with Crippen LogP contribution in [0.5, 0.6) is 5.88 Å². The van der Waals surface area contributed by atoms with Crippen molar-refractivity contribution in [3.8, 4) is 5.88 Å². The molecule has 1 aromatic carbocycles. The van der Waals surface area contributed by atoms with E-state index in [0.29, 0.717) is 70.6 Å². The van der Waals surface area contributed by atoms with Crippen molar-refractivity contribution in [3.05, 3.63) is 48.0 Å². The molecule has 1 saturated carbocycles. The Kier molecular flexibility index (Phi) is 28.6. The highest BCUT2D eigenvalue weighted by Gasteiger charge is 2.41. The Labute approximate surface area is 477 Å². The minimum Gasteiger partial charge on any atom is -0.470 e. The molecule has 452 valence electrons. The summed E-state index contributed by atoms with van der Waals surface area (Å²) in [6, 6.07) is 9.90. The van der Waals surface area contributed by atoms with Crippen LogP contribution in [0.25, 0.3) is 0 Å². The first-order valence-electron chi connectivity index (χ1n) is 27.6. The van der Waals surface area contributed by atoms with Gasteiger partial charge in [-0.15, -0.1) is 4.37 Å². The first kappa shape index (κ1) is 67.4. The molecule has 11 atom stereocenters. The fraction of sp³-hybridized carbons (Fsp3) is 0.679. The summed E-state index contributed by atoms with van der Waals surface area (Å²) in [5.74, 6) is -7.49. The quantitative estimate of drug-likeness (QED) is 0.0256. The number of hydrogen-bond acceptors (Lipinski definition) is 25. The van der Waals surface area contributed by atoms with Gasteiger partial charge in [-0.3, -0.25) is 14.4 Å². The van der Waals surface area contributed by atoms with Crippen LogP contribution >= 0.6 is 11.7 Å². The lowest BCUT2D eigenvalue weighted by atomic mass is 9.85. The van der Waals surface area contributed by atoms with Gasteiger partial charge in [0.25, 0.3) is 5.88 Å². The van der Waals surface area contributed by atoms with Crippen LogP contribution in [0.2, 0.25) is 0 Å². The predicted octanol–water partition coefficient (Wildman–Crippen LogP) is 4.20. The lowest BCUT2D eigenvalue weighted by molar-refractivity contribution is -0.187. The van der Waals surface area contributed by atoms with Crippen molar-refractivity contribution in [2.24, 2.45) is 11.8 Å². The smallest absolute Gasteiger partial charge is 0.347 e. The van der Waals surface area contributed by atoms with Crippen molar-refractivity contribution in [3.63, 3.8) is 0 Å². The molecule has 2 aromatic rings. The molecular weight excluding hydrogens is 1080 g/mol. The van der Waals surface area contributed by atoms with Crippen LogP contribution < -0.4 is 15.0 Å². The van der Waals surface area contributed by atoms with Crippen LogP contribution in [0.3, 0.4) is 0 Å². The van der Waals surface area contributed by atoms with Crippen LogP contribution in [0.4, 0.5) is 5.82 Å². The summed E-state index contributed by atoms with van der Waals surface area (Å²) in [6.45, 7) is 14.0. The van der Waals surface area contributed by atoms with Crippen LogP contribution in [0.1, 0.15) is 132 Å². The molecular formula is C56H82N4O20S. The van der Waals surface area contributed by atoms with Gasteiger partial charge < -0.3 is 68.2 Å². The number of aryl methyl sites for hydroxylation is 1. The number of carbonyl (C=O) groups excluding carboxylic acids is 8. The van der Waals surface area contributed by atoms with E-state index in [1.807, 2.05) is 68.2 Å². The molecule has 0 radical (unpaired) electrons. The summed E-state index contributed by atoms with van der Waals surface area (Å²) in [5.41, 5.74) is 0.793. The van der Waals surface area contributed by atoms with Gasteiger partial charge >= 0.3 is 47.8 Å². The van der Waals surface area contributed by atoms with E-state index in [9.17, 15) is 53.7 Å². The molecule has 1 saturated heterocycles.